The van der Waals surface area contributed by atoms with E-state index in [0.717, 1.165) is 5.56 Å². The van der Waals surface area contributed by atoms with Crippen molar-refractivity contribution in [3.8, 4) is 0 Å². The van der Waals surface area contributed by atoms with Crippen LogP contribution in [0.15, 0.2) is 35.7 Å². The Balaban J connectivity index is 2.25. The second-order valence-electron chi connectivity index (χ2n) is 4.02. The Morgan fingerprint density at radius 3 is 2.89 bits per heavy atom. The lowest BCUT2D eigenvalue weighted by molar-refractivity contribution is 0.599. The summed E-state index contributed by atoms with van der Waals surface area (Å²) in [6, 6.07) is 1.73. The van der Waals surface area contributed by atoms with Crippen LogP contribution >= 0.6 is 0 Å². The van der Waals surface area contributed by atoms with Gasteiger partial charge < -0.3 is 5.73 Å². The van der Waals surface area contributed by atoms with Crippen molar-refractivity contribution in [2.24, 2.45) is 5.73 Å². The minimum Gasteiger partial charge on any atom is -0.329 e. The van der Waals surface area contributed by atoms with Gasteiger partial charge in [0.05, 0.1) is 24.6 Å². The molecule has 0 radical (unpaired) electrons. The van der Waals surface area contributed by atoms with Crippen molar-refractivity contribution in [1.82, 2.24) is 14.8 Å². The van der Waals surface area contributed by atoms with Crippen LogP contribution in [0.4, 0.5) is 5.69 Å². The highest BCUT2D eigenvalue weighted by Crippen LogP contribution is 2.17. The van der Waals surface area contributed by atoms with Crippen molar-refractivity contribution >= 4 is 15.7 Å². The lowest BCUT2D eigenvalue weighted by Crippen LogP contribution is -2.14. The fraction of sp³-hybridized carbons (Fsp3) is 0.273. The highest BCUT2D eigenvalue weighted by Gasteiger charge is 2.17. The number of nitrogens with one attached hydrogen (secondary N) is 1. The number of nitrogens with two attached hydrogens (primary N) is 1. The number of hydrogen-bond donors (Lipinski definition) is 2. The first-order chi connectivity index (χ1) is 9.03. The molecule has 0 aliphatic rings. The molecule has 7 nitrogen and oxygen atoms in total. The number of anilines is 1. The molecule has 0 saturated carbocycles. The van der Waals surface area contributed by atoms with E-state index in [9.17, 15) is 8.42 Å². The van der Waals surface area contributed by atoms with E-state index in [1.165, 1.54) is 23.3 Å². The second kappa shape index (κ2) is 5.37. The van der Waals surface area contributed by atoms with Gasteiger partial charge in [-0.1, -0.05) is 0 Å². The van der Waals surface area contributed by atoms with Gasteiger partial charge in [-0.2, -0.15) is 5.10 Å². The standard InChI is InChI=1S/C11H15N5O2S/c1-9-2-4-13-7-11(9)15-19(17,18)10-6-14-16(8-10)5-3-12/h2,4,6-8,15H,3,5,12H2,1H3. The fourth-order valence-corrected chi connectivity index (χ4v) is 2.58. The molecule has 8 heteroatoms. The molecule has 102 valence electrons. The largest absolute Gasteiger partial charge is 0.329 e. The van der Waals surface area contributed by atoms with E-state index in [2.05, 4.69) is 14.8 Å². The first-order valence-electron chi connectivity index (χ1n) is 5.69. The van der Waals surface area contributed by atoms with Crippen LogP contribution in [0.5, 0.6) is 0 Å². The molecule has 0 aliphatic heterocycles. The van der Waals surface area contributed by atoms with Crippen LogP contribution in [0.3, 0.4) is 0 Å². The van der Waals surface area contributed by atoms with Gasteiger partial charge in [-0.15, -0.1) is 0 Å². The first kappa shape index (κ1) is 13.5. The summed E-state index contributed by atoms with van der Waals surface area (Å²) in [6.07, 6.45) is 5.81. The van der Waals surface area contributed by atoms with Crippen LogP contribution in [0.25, 0.3) is 0 Å². The Labute approximate surface area is 111 Å². The van der Waals surface area contributed by atoms with Crippen molar-refractivity contribution in [3.05, 3.63) is 36.4 Å². The summed E-state index contributed by atoms with van der Waals surface area (Å²) in [5, 5.41) is 3.94. The maximum atomic E-state index is 12.1. The first-order valence-corrected chi connectivity index (χ1v) is 7.17. The maximum absolute atomic E-state index is 12.1. The van der Waals surface area contributed by atoms with Gasteiger partial charge in [0.25, 0.3) is 10.0 Å². The lowest BCUT2D eigenvalue weighted by Gasteiger charge is -2.07. The molecular weight excluding hydrogens is 266 g/mol. The fourth-order valence-electron chi connectivity index (χ4n) is 1.51. The Bertz CT molecular complexity index is 665. The molecule has 0 aliphatic carbocycles. The van der Waals surface area contributed by atoms with Crippen molar-refractivity contribution in [1.29, 1.82) is 0 Å². The normalized spacial score (nSPS) is 11.5. The third-order valence-electron chi connectivity index (χ3n) is 2.56. The smallest absolute Gasteiger partial charge is 0.265 e. The van der Waals surface area contributed by atoms with Crippen molar-refractivity contribution in [3.63, 3.8) is 0 Å². The molecule has 2 heterocycles. The maximum Gasteiger partial charge on any atom is 0.265 e. The lowest BCUT2D eigenvalue weighted by atomic mass is 10.3. The molecule has 2 rings (SSSR count). The quantitative estimate of drug-likeness (QED) is 0.823. The molecule has 3 N–H and O–H groups in total. The molecule has 0 bridgehead atoms. The molecule has 0 atom stereocenters. The number of sulfonamides is 1. The molecule has 0 unspecified atom stereocenters. The van der Waals surface area contributed by atoms with Gasteiger partial charge in [-0.3, -0.25) is 14.4 Å². The van der Waals surface area contributed by atoms with Crippen molar-refractivity contribution in [2.75, 3.05) is 11.3 Å². The third kappa shape index (κ3) is 3.09. The highest BCUT2D eigenvalue weighted by molar-refractivity contribution is 7.92. The number of aryl methyl sites for hydroxylation is 1. The van der Waals surface area contributed by atoms with Crippen LogP contribution in [0.1, 0.15) is 5.56 Å². The zero-order valence-corrected chi connectivity index (χ0v) is 11.3. The monoisotopic (exact) mass is 281 g/mol. The number of pyridine rings is 1. The zero-order valence-electron chi connectivity index (χ0n) is 10.4. The minimum absolute atomic E-state index is 0.101. The van der Waals surface area contributed by atoms with E-state index in [4.69, 9.17) is 5.73 Å². The average molecular weight is 281 g/mol. The van der Waals surface area contributed by atoms with Gasteiger partial charge in [0.1, 0.15) is 4.90 Å². The SMILES string of the molecule is Cc1ccncc1NS(=O)(=O)c1cnn(CCN)c1. The number of hydrogen-bond acceptors (Lipinski definition) is 5. The van der Waals surface area contributed by atoms with E-state index >= 15 is 0 Å². The summed E-state index contributed by atoms with van der Waals surface area (Å²) in [6.45, 7) is 2.68. The van der Waals surface area contributed by atoms with Gasteiger partial charge in [0, 0.05) is 18.9 Å². The molecule has 2 aromatic heterocycles. The summed E-state index contributed by atoms with van der Waals surface area (Å²) >= 11 is 0. The molecular formula is C11H15N5O2S. The van der Waals surface area contributed by atoms with E-state index in [1.807, 2.05) is 0 Å². The van der Waals surface area contributed by atoms with Crippen LogP contribution in [-0.2, 0) is 16.6 Å². The van der Waals surface area contributed by atoms with E-state index in [1.54, 1.807) is 19.2 Å². The van der Waals surface area contributed by atoms with E-state index in [0.29, 0.717) is 18.8 Å². The minimum atomic E-state index is -3.65. The predicted octanol–water partition coefficient (Wildman–Crippen LogP) is 0.346. The van der Waals surface area contributed by atoms with E-state index < -0.39 is 10.0 Å². The van der Waals surface area contributed by atoms with Gasteiger partial charge in [0.2, 0.25) is 0 Å². The molecule has 0 fully saturated rings. The Hall–Kier alpha value is -1.93. The molecule has 2 aromatic rings. The Kier molecular flexibility index (Phi) is 3.82. The van der Waals surface area contributed by atoms with Crippen LogP contribution in [-0.4, -0.2) is 29.7 Å². The summed E-state index contributed by atoms with van der Waals surface area (Å²) in [7, 11) is -3.65. The van der Waals surface area contributed by atoms with Gasteiger partial charge in [-0.25, -0.2) is 8.42 Å². The van der Waals surface area contributed by atoms with Crippen LogP contribution in [0.2, 0.25) is 0 Å². The third-order valence-corrected chi connectivity index (χ3v) is 3.88. The molecule has 0 saturated heterocycles. The Morgan fingerprint density at radius 1 is 1.42 bits per heavy atom. The number of rotatable bonds is 5. The van der Waals surface area contributed by atoms with Crippen LogP contribution < -0.4 is 10.5 Å². The topological polar surface area (TPSA) is 103 Å². The number of nitrogens with zero attached hydrogens (tertiary/aromatic N) is 3. The number of aromatic nitrogens is 3. The Morgan fingerprint density at radius 2 is 2.21 bits per heavy atom. The second-order valence-corrected chi connectivity index (χ2v) is 5.71. The zero-order chi connectivity index (χ0) is 13.9. The van der Waals surface area contributed by atoms with Crippen LogP contribution in [0, 0.1) is 6.92 Å². The molecule has 0 aromatic carbocycles. The summed E-state index contributed by atoms with van der Waals surface area (Å²) in [5.74, 6) is 0. The summed E-state index contributed by atoms with van der Waals surface area (Å²) < 4.78 is 28.3. The van der Waals surface area contributed by atoms with Crippen molar-refractivity contribution in [2.45, 2.75) is 18.4 Å². The van der Waals surface area contributed by atoms with Gasteiger partial charge >= 0.3 is 0 Å². The van der Waals surface area contributed by atoms with Gasteiger partial charge in [-0.05, 0) is 18.6 Å². The molecule has 0 spiro atoms. The van der Waals surface area contributed by atoms with Gasteiger partial charge in [0.15, 0.2) is 0 Å². The predicted molar refractivity (Wildman–Crippen MR) is 71.1 cm³/mol. The molecule has 19 heavy (non-hydrogen) atoms. The average Bonchev–Trinajstić information content (AvgIpc) is 2.82. The summed E-state index contributed by atoms with van der Waals surface area (Å²) in [5.41, 5.74) is 6.64. The molecule has 0 amide bonds. The summed E-state index contributed by atoms with van der Waals surface area (Å²) in [4.78, 5) is 3.99. The van der Waals surface area contributed by atoms with E-state index in [-0.39, 0.29) is 4.90 Å². The van der Waals surface area contributed by atoms with Crippen molar-refractivity contribution < 1.29 is 8.42 Å². The highest BCUT2D eigenvalue weighted by atomic mass is 32.2.